The van der Waals surface area contributed by atoms with Crippen LogP contribution in [-0.2, 0) is 9.84 Å². The van der Waals surface area contributed by atoms with E-state index in [1.165, 1.54) is 12.1 Å². The summed E-state index contributed by atoms with van der Waals surface area (Å²) < 4.78 is 97.1. The molecule has 1 rings (SSSR count). The minimum atomic E-state index is -6.49. The molecule has 0 fully saturated rings. The van der Waals surface area contributed by atoms with E-state index in [9.17, 15) is 34.8 Å². The van der Waals surface area contributed by atoms with Crippen molar-refractivity contribution in [2.24, 2.45) is 0 Å². The molecule has 122 valence electrons. The lowest BCUT2D eigenvalue weighted by Gasteiger charge is -2.14. The van der Waals surface area contributed by atoms with Gasteiger partial charge in [-0.2, -0.15) is 26.3 Å². The van der Waals surface area contributed by atoms with Gasteiger partial charge in [-0.3, -0.25) is 0 Å². The number of allylic oxidation sites excluding steroid dienone is 3. The van der Waals surface area contributed by atoms with Crippen LogP contribution < -0.4 is 0 Å². The molecule has 1 aromatic rings. The van der Waals surface area contributed by atoms with Crippen molar-refractivity contribution in [3.05, 3.63) is 52.4 Å². The molecule has 0 aliphatic rings. The number of rotatable bonds is 3. The minimum Gasteiger partial charge on any atom is -0.214 e. The van der Waals surface area contributed by atoms with Gasteiger partial charge in [0.1, 0.15) is 0 Å². The molecule has 0 saturated heterocycles. The third-order valence-electron chi connectivity index (χ3n) is 2.43. The third-order valence-corrected chi connectivity index (χ3v) is 3.96. The van der Waals surface area contributed by atoms with Gasteiger partial charge in [-0.15, -0.1) is 0 Å². The lowest BCUT2D eigenvalue weighted by molar-refractivity contribution is -0.0894. The second-order valence-electron chi connectivity index (χ2n) is 4.25. The van der Waals surface area contributed by atoms with Crippen molar-refractivity contribution in [1.29, 1.82) is 0 Å². The van der Waals surface area contributed by atoms with Crippen LogP contribution in [0.4, 0.5) is 26.3 Å². The van der Waals surface area contributed by atoms with Crippen molar-refractivity contribution >= 4 is 15.9 Å². The predicted molar refractivity (Wildman–Crippen MR) is 69.2 cm³/mol. The molecule has 0 aliphatic heterocycles. The monoisotopic (exact) mass is 344 g/mol. The molecule has 0 N–H and O–H groups in total. The zero-order chi connectivity index (χ0) is 17.2. The molecule has 0 bridgehead atoms. The van der Waals surface area contributed by atoms with Crippen LogP contribution in [0.1, 0.15) is 12.5 Å². The van der Waals surface area contributed by atoms with Crippen LogP contribution in [-0.4, -0.2) is 20.1 Å². The Hall–Kier alpha value is -1.77. The highest BCUT2D eigenvalue weighted by Crippen LogP contribution is 2.39. The van der Waals surface area contributed by atoms with Crippen molar-refractivity contribution in [1.82, 2.24) is 0 Å². The Labute approximate surface area is 122 Å². The number of alkyl halides is 6. The average molecular weight is 344 g/mol. The van der Waals surface area contributed by atoms with Crippen molar-refractivity contribution < 1.29 is 34.8 Å². The summed E-state index contributed by atoms with van der Waals surface area (Å²) in [6.07, 6.45) is -4.55. The summed E-state index contributed by atoms with van der Waals surface area (Å²) in [7, 11) is -6.49. The summed E-state index contributed by atoms with van der Waals surface area (Å²) in [5, 5.41) is 0. The second-order valence-corrected chi connectivity index (χ2v) is 6.16. The van der Waals surface area contributed by atoms with Gasteiger partial charge >= 0.3 is 11.7 Å². The topological polar surface area (TPSA) is 34.1 Å². The average Bonchev–Trinajstić information content (AvgIpc) is 2.34. The third kappa shape index (κ3) is 4.36. The Morgan fingerprint density at radius 3 is 1.91 bits per heavy atom. The van der Waals surface area contributed by atoms with Gasteiger partial charge in [0.2, 0.25) is 0 Å². The molecule has 0 atom stereocenters. The molecule has 0 amide bonds. The van der Waals surface area contributed by atoms with E-state index in [2.05, 4.69) is 0 Å². The quantitative estimate of drug-likeness (QED) is 0.599. The predicted octanol–water partition coefficient (Wildman–Crippen LogP) is 4.47. The summed E-state index contributed by atoms with van der Waals surface area (Å²) in [5.74, 6) is 0. The molecular weight excluding hydrogens is 334 g/mol. The first kappa shape index (κ1) is 18.3. The molecule has 0 radical (unpaired) electrons. The first-order valence-electron chi connectivity index (χ1n) is 5.69. The summed E-state index contributed by atoms with van der Waals surface area (Å²) in [5.41, 5.74) is -5.89. The van der Waals surface area contributed by atoms with E-state index >= 15 is 0 Å². The second kappa shape index (κ2) is 6.15. The Balaban J connectivity index is 3.40. The van der Waals surface area contributed by atoms with Crippen molar-refractivity contribution in [3.8, 4) is 0 Å². The molecule has 0 unspecified atom stereocenters. The van der Waals surface area contributed by atoms with E-state index in [0.29, 0.717) is 5.56 Å². The van der Waals surface area contributed by atoms with Crippen LogP contribution in [0.15, 0.2) is 46.9 Å². The van der Waals surface area contributed by atoms with Crippen LogP contribution in [0.25, 0.3) is 6.08 Å². The Morgan fingerprint density at radius 1 is 1.00 bits per heavy atom. The van der Waals surface area contributed by atoms with E-state index in [1.54, 1.807) is 18.2 Å². The van der Waals surface area contributed by atoms with E-state index in [0.717, 1.165) is 13.0 Å². The van der Waals surface area contributed by atoms with E-state index < -0.39 is 26.4 Å². The van der Waals surface area contributed by atoms with E-state index in [1.807, 2.05) is 0 Å². The Kier molecular flexibility index (Phi) is 5.11. The summed E-state index contributed by atoms with van der Waals surface area (Å²) in [6, 6.07) is 7.78. The zero-order valence-corrected chi connectivity index (χ0v) is 11.9. The number of benzene rings is 1. The lowest BCUT2D eigenvalue weighted by Crippen LogP contribution is -2.31. The van der Waals surface area contributed by atoms with Gasteiger partial charge in [0.05, 0.1) is 0 Å². The normalized spacial score (nSPS) is 15.0. The smallest absolute Gasteiger partial charge is 0.214 e. The van der Waals surface area contributed by atoms with Crippen LogP contribution in [0.3, 0.4) is 0 Å². The summed E-state index contributed by atoms with van der Waals surface area (Å²) in [6.45, 7) is 1.07. The molecule has 1 aromatic carbocycles. The fourth-order valence-corrected chi connectivity index (χ4v) is 2.39. The highest BCUT2D eigenvalue weighted by molar-refractivity contribution is 7.96. The van der Waals surface area contributed by atoms with Gasteiger partial charge in [-0.1, -0.05) is 36.4 Å². The van der Waals surface area contributed by atoms with Crippen LogP contribution >= 0.6 is 0 Å². The van der Waals surface area contributed by atoms with E-state index in [-0.39, 0.29) is 11.6 Å². The lowest BCUT2D eigenvalue weighted by atomic mass is 10.1. The zero-order valence-electron chi connectivity index (χ0n) is 11.0. The van der Waals surface area contributed by atoms with E-state index in [4.69, 9.17) is 0 Å². The molecule has 0 aliphatic carbocycles. The fraction of sp³-hybridized carbons (Fsp3) is 0.231. The highest BCUT2D eigenvalue weighted by atomic mass is 32.2. The van der Waals surface area contributed by atoms with Crippen molar-refractivity contribution in [2.45, 2.75) is 18.6 Å². The van der Waals surface area contributed by atoms with Gasteiger partial charge < -0.3 is 0 Å². The van der Waals surface area contributed by atoms with Crippen molar-refractivity contribution in [2.75, 3.05) is 0 Å². The molecule has 2 nitrogen and oxygen atoms in total. The molecule has 0 heterocycles. The molecule has 0 aromatic heterocycles. The maximum absolute atomic E-state index is 12.7. The molecule has 0 saturated carbocycles. The van der Waals surface area contributed by atoms with Gasteiger partial charge in [-0.05, 0) is 24.1 Å². The number of hydrogen-bond donors (Lipinski definition) is 0. The first-order chi connectivity index (χ1) is 9.85. The maximum atomic E-state index is 12.7. The van der Waals surface area contributed by atoms with Crippen LogP contribution in [0.5, 0.6) is 0 Å². The molecular formula is C13H10F6O2S. The van der Waals surface area contributed by atoms with Gasteiger partial charge in [0.25, 0.3) is 9.84 Å². The summed E-state index contributed by atoms with van der Waals surface area (Å²) >= 11 is 0. The number of halogens is 6. The largest absolute Gasteiger partial charge is 0.501 e. The van der Waals surface area contributed by atoms with Crippen molar-refractivity contribution in [3.63, 3.8) is 0 Å². The standard InChI is InChI=1S/C13H10F6O2S/c1-9(7-10-5-3-2-4-6-10)8-11(12(14,15)16)22(20,21)13(17,18)19/h2-8H,1H3/b9-7?,11-8-. The van der Waals surface area contributed by atoms with Gasteiger partial charge in [0.15, 0.2) is 4.91 Å². The fourth-order valence-electron chi connectivity index (χ4n) is 1.50. The van der Waals surface area contributed by atoms with Crippen LogP contribution in [0.2, 0.25) is 0 Å². The number of hydrogen-bond acceptors (Lipinski definition) is 2. The molecule has 22 heavy (non-hydrogen) atoms. The van der Waals surface area contributed by atoms with Gasteiger partial charge in [0, 0.05) is 0 Å². The first-order valence-corrected chi connectivity index (χ1v) is 7.17. The van der Waals surface area contributed by atoms with Crippen LogP contribution in [0, 0.1) is 0 Å². The van der Waals surface area contributed by atoms with Gasteiger partial charge in [-0.25, -0.2) is 8.42 Å². The molecule has 0 spiro atoms. The summed E-state index contributed by atoms with van der Waals surface area (Å²) in [4.78, 5) is -2.64. The maximum Gasteiger partial charge on any atom is 0.501 e. The highest BCUT2D eigenvalue weighted by Gasteiger charge is 2.56. The Morgan fingerprint density at radius 2 is 1.50 bits per heavy atom. The molecule has 9 heteroatoms. The number of sulfone groups is 1. The Bertz CT molecular complexity index is 681. The minimum absolute atomic E-state index is 0.0319. The SMILES string of the molecule is CC(=Cc1ccccc1)/C=C(/C(F)(F)F)S(=O)(=O)C(F)(F)F.